The van der Waals surface area contributed by atoms with Gasteiger partial charge in [-0.05, 0) is 13.8 Å². The monoisotopic (exact) mass is 360 g/mol. The Bertz CT molecular complexity index is 455. The van der Waals surface area contributed by atoms with Crippen LogP contribution in [0.1, 0.15) is 13.8 Å². The zero-order valence-corrected chi connectivity index (χ0v) is 13.2. The van der Waals surface area contributed by atoms with Gasteiger partial charge in [0.25, 0.3) is 0 Å². The van der Waals surface area contributed by atoms with Crippen molar-refractivity contribution >= 4 is 34.5 Å². The van der Waals surface area contributed by atoms with Gasteiger partial charge in [-0.3, -0.25) is 30.7 Å². The van der Waals surface area contributed by atoms with E-state index in [1.807, 2.05) is 0 Å². The van der Waals surface area contributed by atoms with E-state index < -0.39 is 22.6 Å². The van der Waals surface area contributed by atoms with Crippen LogP contribution in [-0.2, 0) is 19.9 Å². The van der Waals surface area contributed by atoms with Crippen molar-refractivity contribution in [2.75, 3.05) is 13.2 Å². The molecular weight excluding hydrogens is 340 g/mol. The van der Waals surface area contributed by atoms with E-state index in [-0.39, 0.29) is 11.9 Å². The summed E-state index contributed by atoms with van der Waals surface area (Å²) in [7, 11) is -5.17. The van der Waals surface area contributed by atoms with Crippen molar-refractivity contribution < 1.29 is 47.4 Å². The number of rotatable bonds is 2. The molecule has 0 bridgehead atoms. The molecule has 0 fully saturated rings. The smallest absolute Gasteiger partial charge is 0.476 e. The van der Waals surface area contributed by atoms with Gasteiger partial charge in [-0.25, -0.2) is 9.59 Å². The largest absolute Gasteiger partial charge is 0.759 e. The SMILES string of the molecule is CCOC(=O)NC(N)=[NH2+].CCOC(=O)NC(N)=[NH2+].O=S(=O)([O-])[O-]. The standard InChI is InChI=1S/2C4H9N3O2.H2O4S/c2*1-2-9-4(8)7-3(5)6;1-5(2,3)4/h2*2H2,1H3,(H4,5,6,7,8);(H2,1,2,3,4). The second-order valence-electron chi connectivity index (χ2n) is 3.01. The summed E-state index contributed by atoms with van der Waals surface area (Å²) in [6.45, 7) is 3.98. The lowest BCUT2D eigenvalue weighted by atomic mass is 10.8. The molecule has 0 aliphatic rings. The quantitative estimate of drug-likeness (QED) is 0.117. The molecule has 0 heterocycles. The summed E-state index contributed by atoms with van der Waals surface area (Å²) < 4.78 is 42.9. The number of ether oxygens (including phenoxy) is 2. The second-order valence-corrected chi connectivity index (χ2v) is 3.83. The minimum atomic E-state index is -5.17. The number of alkyl carbamates (subject to hydrolysis) is 2. The van der Waals surface area contributed by atoms with Crippen LogP contribution < -0.4 is 32.9 Å². The highest BCUT2D eigenvalue weighted by Crippen LogP contribution is 1.72. The zero-order valence-electron chi connectivity index (χ0n) is 12.4. The summed E-state index contributed by atoms with van der Waals surface area (Å²) in [5, 5.41) is 13.9. The van der Waals surface area contributed by atoms with Gasteiger partial charge >= 0.3 is 24.1 Å². The summed E-state index contributed by atoms with van der Waals surface area (Å²) in [4.78, 5) is 20.7. The van der Waals surface area contributed by atoms with Gasteiger partial charge in [0.2, 0.25) is 0 Å². The summed E-state index contributed by atoms with van der Waals surface area (Å²) in [6, 6.07) is 0. The molecule has 0 aromatic carbocycles. The number of amides is 2. The number of carbonyl (C=O) groups is 2. The number of hydrogen-bond acceptors (Lipinski definition) is 8. The summed E-state index contributed by atoms with van der Waals surface area (Å²) >= 11 is 0. The Morgan fingerprint density at radius 3 is 1.30 bits per heavy atom. The maximum atomic E-state index is 10.3. The topological polar surface area (TPSA) is 260 Å². The summed E-state index contributed by atoms with van der Waals surface area (Å²) in [5.74, 6) is -0.318. The minimum Gasteiger partial charge on any atom is -0.759 e. The molecule has 0 aromatic heterocycles. The van der Waals surface area contributed by atoms with Crippen molar-refractivity contribution in [1.29, 1.82) is 0 Å². The molecule has 23 heavy (non-hydrogen) atoms. The van der Waals surface area contributed by atoms with Crippen molar-refractivity contribution in [3.63, 3.8) is 0 Å². The highest BCUT2D eigenvalue weighted by molar-refractivity contribution is 7.79. The van der Waals surface area contributed by atoms with E-state index in [1.165, 1.54) is 0 Å². The van der Waals surface area contributed by atoms with Gasteiger partial charge in [0.05, 0.1) is 13.2 Å². The lowest BCUT2D eigenvalue weighted by molar-refractivity contribution is -0.120. The van der Waals surface area contributed by atoms with Crippen LogP contribution in [0.15, 0.2) is 0 Å². The van der Waals surface area contributed by atoms with E-state index in [2.05, 4.69) is 20.1 Å². The van der Waals surface area contributed by atoms with E-state index in [4.69, 9.17) is 39.8 Å². The second kappa shape index (κ2) is 14.3. The first-order chi connectivity index (χ1) is 10.3. The Labute approximate surface area is 132 Å². The Morgan fingerprint density at radius 2 is 1.17 bits per heavy atom. The number of carbonyl (C=O) groups excluding carboxylic acids is 2. The highest BCUT2D eigenvalue weighted by atomic mass is 32.3. The van der Waals surface area contributed by atoms with Crippen LogP contribution in [0, 0.1) is 0 Å². The van der Waals surface area contributed by atoms with Crippen LogP contribution in [0.5, 0.6) is 0 Å². The molecule has 0 aromatic rings. The molecule has 0 unspecified atom stereocenters. The highest BCUT2D eigenvalue weighted by Gasteiger charge is 2.05. The third-order valence-corrected chi connectivity index (χ3v) is 1.04. The lowest BCUT2D eigenvalue weighted by Gasteiger charge is -2.06. The van der Waals surface area contributed by atoms with Crippen LogP contribution >= 0.6 is 0 Å². The molecule has 0 atom stereocenters. The Morgan fingerprint density at radius 1 is 0.957 bits per heavy atom. The molecule has 0 aliphatic heterocycles. The predicted molar refractivity (Wildman–Crippen MR) is 73.0 cm³/mol. The molecule has 0 saturated heterocycles. The Balaban J connectivity index is -0.000000273. The number of hydrogen-bond donors (Lipinski definition) is 6. The average Bonchev–Trinajstić information content (AvgIpc) is 2.25. The minimum absolute atomic E-state index is 0.159. The normalized spacial score (nSPS) is 8.87. The average molecular weight is 360 g/mol. The predicted octanol–water partition coefficient (Wildman–Crippen LogP) is -5.73. The van der Waals surface area contributed by atoms with Gasteiger partial charge in [-0.1, -0.05) is 0 Å². The van der Waals surface area contributed by atoms with Gasteiger partial charge in [0.1, 0.15) is 0 Å². The van der Waals surface area contributed by atoms with Gasteiger partial charge < -0.3 is 18.6 Å². The zero-order chi connectivity index (χ0) is 19.1. The van der Waals surface area contributed by atoms with Crippen LogP contribution in [0.4, 0.5) is 9.59 Å². The molecular formula is C8H20N6O8S. The molecule has 136 valence electrons. The van der Waals surface area contributed by atoms with Gasteiger partial charge in [0.15, 0.2) is 0 Å². The van der Waals surface area contributed by atoms with Gasteiger partial charge in [-0.2, -0.15) is 10.6 Å². The molecule has 0 aliphatic carbocycles. The van der Waals surface area contributed by atoms with Crippen LogP contribution in [-0.4, -0.2) is 54.8 Å². The lowest BCUT2D eigenvalue weighted by Crippen LogP contribution is -2.56. The third kappa shape index (κ3) is 45.2. The Hall–Kier alpha value is -2.65. The van der Waals surface area contributed by atoms with Crippen molar-refractivity contribution in [2.45, 2.75) is 13.8 Å². The Kier molecular flexibility index (Phi) is 15.7. The maximum Gasteiger partial charge on any atom is 0.476 e. The fourth-order valence-corrected chi connectivity index (χ4v) is 0.570. The number of nitrogens with one attached hydrogen (secondary N) is 2. The molecule has 2 amide bonds. The molecule has 14 nitrogen and oxygen atoms in total. The number of nitrogens with two attached hydrogens (primary N) is 4. The van der Waals surface area contributed by atoms with E-state index in [9.17, 15) is 9.59 Å². The van der Waals surface area contributed by atoms with Crippen LogP contribution in [0.25, 0.3) is 0 Å². The van der Waals surface area contributed by atoms with Crippen LogP contribution in [0.3, 0.4) is 0 Å². The molecule has 0 saturated carbocycles. The summed E-state index contributed by atoms with van der Waals surface area (Å²) in [6.07, 6.45) is -1.25. The number of guanidine groups is 2. The maximum absolute atomic E-state index is 10.3. The van der Waals surface area contributed by atoms with E-state index in [0.717, 1.165) is 0 Å². The van der Waals surface area contributed by atoms with E-state index in [0.29, 0.717) is 13.2 Å². The van der Waals surface area contributed by atoms with Crippen molar-refractivity contribution in [3.8, 4) is 0 Å². The first-order valence-electron chi connectivity index (χ1n) is 5.63. The third-order valence-electron chi connectivity index (χ3n) is 1.04. The van der Waals surface area contributed by atoms with Crippen molar-refractivity contribution in [1.82, 2.24) is 10.6 Å². The van der Waals surface area contributed by atoms with Gasteiger partial charge in [-0.15, -0.1) is 0 Å². The van der Waals surface area contributed by atoms with Gasteiger partial charge in [0, 0.05) is 10.4 Å². The summed E-state index contributed by atoms with van der Waals surface area (Å²) in [5.41, 5.74) is 9.81. The van der Waals surface area contributed by atoms with Crippen molar-refractivity contribution in [3.05, 3.63) is 0 Å². The first-order valence-corrected chi connectivity index (χ1v) is 6.96. The van der Waals surface area contributed by atoms with E-state index >= 15 is 0 Å². The molecule has 0 radical (unpaired) electrons. The fraction of sp³-hybridized carbons (Fsp3) is 0.500. The first kappa shape index (κ1) is 25.3. The molecule has 0 rings (SSSR count). The fourth-order valence-electron chi connectivity index (χ4n) is 0.570. The van der Waals surface area contributed by atoms with E-state index in [1.54, 1.807) is 13.8 Å². The molecule has 15 heteroatoms. The van der Waals surface area contributed by atoms with Crippen molar-refractivity contribution in [2.24, 2.45) is 11.5 Å². The molecule has 0 spiro atoms. The van der Waals surface area contributed by atoms with Crippen LogP contribution in [0.2, 0.25) is 0 Å². The molecule has 10 N–H and O–H groups in total.